The van der Waals surface area contributed by atoms with E-state index in [1.807, 2.05) is 0 Å². The SMILES string of the molecule is C1CCCC(CC2CCCCC2)CC1. The minimum Gasteiger partial charge on any atom is -0.0533 e. The van der Waals surface area contributed by atoms with Crippen LogP contribution < -0.4 is 0 Å². The minimum atomic E-state index is 1.11. The Bertz CT molecular complexity index is 136. The Kier molecular flexibility index (Phi) is 4.34. The van der Waals surface area contributed by atoms with E-state index in [1.54, 1.807) is 32.1 Å². The predicted molar refractivity (Wildman–Crippen MR) is 62.4 cm³/mol. The van der Waals surface area contributed by atoms with E-state index in [2.05, 4.69) is 0 Å². The van der Waals surface area contributed by atoms with Crippen LogP contribution in [-0.2, 0) is 0 Å². The molecule has 82 valence electrons. The van der Waals surface area contributed by atoms with Gasteiger partial charge in [0.15, 0.2) is 0 Å². The van der Waals surface area contributed by atoms with Crippen LogP contribution in [-0.4, -0.2) is 0 Å². The zero-order valence-electron chi connectivity index (χ0n) is 9.64. The van der Waals surface area contributed by atoms with E-state index < -0.39 is 0 Å². The fourth-order valence-corrected chi connectivity index (χ4v) is 3.49. The van der Waals surface area contributed by atoms with Crippen LogP contribution in [0.2, 0.25) is 0 Å². The van der Waals surface area contributed by atoms with Gasteiger partial charge in [0.25, 0.3) is 0 Å². The summed E-state index contributed by atoms with van der Waals surface area (Å²) >= 11 is 0. The molecule has 0 N–H and O–H groups in total. The molecule has 0 bridgehead atoms. The van der Waals surface area contributed by atoms with Gasteiger partial charge in [0.1, 0.15) is 0 Å². The molecule has 2 rings (SSSR count). The van der Waals surface area contributed by atoms with Crippen LogP contribution >= 0.6 is 0 Å². The first-order valence-electron chi connectivity index (χ1n) is 6.95. The van der Waals surface area contributed by atoms with Gasteiger partial charge in [-0.3, -0.25) is 0 Å². The van der Waals surface area contributed by atoms with Crippen molar-refractivity contribution >= 4 is 0 Å². The van der Waals surface area contributed by atoms with E-state index in [0.717, 1.165) is 11.8 Å². The highest BCUT2D eigenvalue weighted by atomic mass is 14.3. The van der Waals surface area contributed by atoms with Crippen molar-refractivity contribution in [3.63, 3.8) is 0 Å². The molecule has 0 unspecified atom stereocenters. The summed E-state index contributed by atoms with van der Waals surface area (Å²) in [6, 6.07) is 0. The van der Waals surface area contributed by atoms with Crippen molar-refractivity contribution < 1.29 is 0 Å². The summed E-state index contributed by atoms with van der Waals surface area (Å²) in [6.07, 6.45) is 18.4. The van der Waals surface area contributed by atoms with Gasteiger partial charge in [0, 0.05) is 0 Å². The van der Waals surface area contributed by atoms with Crippen LogP contribution in [0.15, 0.2) is 0 Å². The van der Waals surface area contributed by atoms with Gasteiger partial charge in [-0.15, -0.1) is 0 Å². The van der Waals surface area contributed by atoms with Gasteiger partial charge in [-0.1, -0.05) is 70.6 Å². The number of rotatable bonds is 2. The lowest BCUT2D eigenvalue weighted by Crippen LogP contribution is -2.11. The van der Waals surface area contributed by atoms with Gasteiger partial charge in [-0.2, -0.15) is 0 Å². The molecule has 0 heterocycles. The summed E-state index contributed by atoms with van der Waals surface area (Å²) in [5, 5.41) is 0. The zero-order valence-corrected chi connectivity index (χ0v) is 9.64. The van der Waals surface area contributed by atoms with Crippen molar-refractivity contribution in [1.29, 1.82) is 0 Å². The Hall–Kier alpha value is 0. The standard InChI is InChI=1S/C14H26/c1-2-5-9-13(8-4-1)12-14-10-6-3-7-11-14/h13-14H,1-12H2. The summed E-state index contributed by atoms with van der Waals surface area (Å²) in [5.41, 5.74) is 0. The maximum Gasteiger partial charge on any atom is -0.0412 e. The zero-order chi connectivity index (χ0) is 9.64. The smallest absolute Gasteiger partial charge is 0.0412 e. The minimum absolute atomic E-state index is 1.11. The molecule has 0 nitrogen and oxygen atoms in total. The van der Waals surface area contributed by atoms with Gasteiger partial charge < -0.3 is 0 Å². The van der Waals surface area contributed by atoms with Crippen molar-refractivity contribution in [2.45, 2.75) is 77.0 Å². The molecule has 2 saturated carbocycles. The summed E-state index contributed by atoms with van der Waals surface area (Å²) in [4.78, 5) is 0. The lowest BCUT2D eigenvalue weighted by molar-refractivity contribution is 0.272. The lowest BCUT2D eigenvalue weighted by Gasteiger charge is -2.25. The van der Waals surface area contributed by atoms with Crippen molar-refractivity contribution in [2.75, 3.05) is 0 Å². The van der Waals surface area contributed by atoms with Gasteiger partial charge in [-0.25, -0.2) is 0 Å². The highest BCUT2D eigenvalue weighted by Gasteiger charge is 2.19. The monoisotopic (exact) mass is 194 g/mol. The summed E-state index contributed by atoms with van der Waals surface area (Å²) < 4.78 is 0. The first kappa shape index (κ1) is 10.5. The molecular weight excluding hydrogens is 168 g/mol. The molecule has 0 aromatic rings. The molecule has 0 saturated heterocycles. The van der Waals surface area contributed by atoms with E-state index in [4.69, 9.17) is 0 Å². The fourth-order valence-electron chi connectivity index (χ4n) is 3.49. The van der Waals surface area contributed by atoms with Crippen LogP contribution in [0, 0.1) is 11.8 Å². The molecule has 2 fully saturated rings. The summed E-state index contributed by atoms with van der Waals surface area (Å²) in [7, 11) is 0. The second-order valence-electron chi connectivity index (χ2n) is 5.60. The molecule has 0 spiro atoms. The quantitative estimate of drug-likeness (QED) is 0.547. The molecule has 0 aromatic carbocycles. The van der Waals surface area contributed by atoms with Crippen LogP contribution in [0.1, 0.15) is 77.0 Å². The Labute approximate surface area is 89.5 Å². The summed E-state index contributed by atoms with van der Waals surface area (Å²) in [6.45, 7) is 0. The van der Waals surface area contributed by atoms with Crippen LogP contribution in [0.3, 0.4) is 0 Å². The molecule has 0 aromatic heterocycles. The van der Waals surface area contributed by atoms with Crippen molar-refractivity contribution in [1.82, 2.24) is 0 Å². The maximum atomic E-state index is 1.58. The fraction of sp³-hybridized carbons (Fsp3) is 1.00. The maximum absolute atomic E-state index is 1.58. The molecule has 2 aliphatic carbocycles. The van der Waals surface area contributed by atoms with E-state index in [-0.39, 0.29) is 0 Å². The predicted octanol–water partition coefficient (Wildman–Crippen LogP) is 4.93. The number of hydrogen-bond acceptors (Lipinski definition) is 0. The number of hydrogen-bond donors (Lipinski definition) is 0. The highest BCUT2D eigenvalue weighted by molar-refractivity contribution is 4.72. The molecule has 14 heavy (non-hydrogen) atoms. The third kappa shape index (κ3) is 3.29. The van der Waals surface area contributed by atoms with Gasteiger partial charge in [-0.05, 0) is 18.3 Å². The average molecular weight is 194 g/mol. The van der Waals surface area contributed by atoms with Crippen LogP contribution in [0.5, 0.6) is 0 Å². The van der Waals surface area contributed by atoms with Crippen molar-refractivity contribution in [3.8, 4) is 0 Å². The molecule has 2 aliphatic rings. The third-order valence-corrected chi connectivity index (χ3v) is 4.37. The van der Waals surface area contributed by atoms with Crippen LogP contribution in [0.4, 0.5) is 0 Å². The lowest BCUT2D eigenvalue weighted by atomic mass is 9.80. The second kappa shape index (κ2) is 5.78. The topological polar surface area (TPSA) is 0 Å². The molecule has 0 aliphatic heterocycles. The van der Waals surface area contributed by atoms with E-state index in [0.29, 0.717) is 0 Å². The van der Waals surface area contributed by atoms with Crippen molar-refractivity contribution in [3.05, 3.63) is 0 Å². The largest absolute Gasteiger partial charge is 0.0533 e. The summed E-state index contributed by atoms with van der Waals surface area (Å²) in [5.74, 6) is 2.23. The van der Waals surface area contributed by atoms with Crippen molar-refractivity contribution in [2.24, 2.45) is 11.8 Å². The third-order valence-electron chi connectivity index (χ3n) is 4.37. The Morgan fingerprint density at radius 1 is 0.500 bits per heavy atom. The van der Waals surface area contributed by atoms with E-state index >= 15 is 0 Å². The second-order valence-corrected chi connectivity index (χ2v) is 5.60. The molecule has 0 radical (unpaired) electrons. The highest BCUT2D eigenvalue weighted by Crippen LogP contribution is 2.34. The molecule has 0 heteroatoms. The molecule has 0 atom stereocenters. The first-order chi connectivity index (χ1) is 6.95. The molecular formula is C14H26. The first-order valence-corrected chi connectivity index (χ1v) is 6.95. The van der Waals surface area contributed by atoms with Gasteiger partial charge in [0.05, 0.1) is 0 Å². The Morgan fingerprint density at radius 3 is 1.29 bits per heavy atom. The van der Waals surface area contributed by atoms with E-state index in [9.17, 15) is 0 Å². The Morgan fingerprint density at radius 2 is 0.857 bits per heavy atom. The normalized spacial score (nSPS) is 27.4. The van der Waals surface area contributed by atoms with E-state index in [1.165, 1.54) is 44.9 Å². The van der Waals surface area contributed by atoms with Crippen LogP contribution in [0.25, 0.3) is 0 Å². The average Bonchev–Trinajstić information content (AvgIpc) is 2.48. The van der Waals surface area contributed by atoms with Gasteiger partial charge >= 0.3 is 0 Å². The Balaban J connectivity index is 1.71. The van der Waals surface area contributed by atoms with Gasteiger partial charge in [0.2, 0.25) is 0 Å². The molecule has 0 amide bonds.